The third-order valence-electron chi connectivity index (χ3n) is 8.04. The van der Waals surface area contributed by atoms with Crippen molar-refractivity contribution in [2.75, 3.05) is 58.7 Å². The first kappa shape index (κ1) is 27.1. The van der Waals surface area contributed by atoms with Crippen LogP contribution in [-0.4, -0.2) is 85.6 Å². The fourth-order valence-electron chi connectivity index (χ4n) is 5.71. The number of methoxy groups -OCH3 is 1. The van der Waals surface area contributed by atoms with Crippen molar-refractivity contribution in [3.05, 3.63) is 16.1 Å². The van der Waals surface area contributed by atoms with Gasteiger partial charge in [-0.2, -0.15) is 4.98 Å². The number of hydrogen-bond acceptors (Lipinski definition) is 7. The van der Waals surface area contributed by atoms with Crippen molar-refractivity contribution in [3.63, 3.8) is 0 Å². The summed E-state index contributed by atoms with van der Waals surface area (Å²) in [4.78, 5) is 34.3. The Kier molecular flexibility index (Phi) is 9.84. The fraction of sp³-hybridized carbons (Fsp3) is 0.731. The van der Waals surface area contributed by atoms with Crippen LogP contribution in [0.3, 0.4) is 0 Å². The van der Waals surface area contributed by atoms with Gasteiger partial charge in [-0.05, 0) is 91.9 Å². The van der Waals surface area contributed by atoms with Crippen molar-refractivity contribution >= 4 is 33.6 Å². The number of halogens is 1. The first-order valence-electron chi connectivity index (χ1n) is 13.4. The number of pyridine rings is 1. The van der Waals surface area contributed by atoms with E-state index in [2.05, 4.69) is 41.3 Å². The van der Waals surface area contributed by atoms with Crippen molar-refractivity contribution in [3.8, 4) is 5.88 Å². The van der Waals surface area contributed by atoms with Gasteiger partial charge in [0.25, 0.3) is 5.91 Å². The smallest absolute Gasteiger partial charge is 0.257 e. The number of nitrogen functional groups attached to an aromatic ring is 1. The molecule has 4 heterocycles. The van der Waals surface area contributed by atoms with Gasteiger partial charge in [0.15, 0.2) is 0 Å². The molecule has 2 amide bonds. The Morgan fingerprint density at radius 2 is 1.81 bits per heavy atom. The zero-order chi connectivity index (χ0) is 25.5. The van der Waals surface area contributed by atoms with Crippen LogP contribution >= 0.6 is 15.9 Å². The SMILES string of the molecule is COc1nc(N)c(Br)cc1C(=O)NC1CCN(CC2CCN(C(=O)CCC3CCNCC3)CC2)CC1. The predicted molar refractivity (Wildman–Crippen MR) is 144 cm³/mol. The molecule has 1 aromatic heterocycles. The van der Waals surface area contributed by atoms with E-state index in [1.54, 1.807) is 6.07 Å². The molecule has 3 saturated heterocycles. The molecule has 200 valence electrons. The minimum absolute atomic E-state index is 0.134. The lowest BCUT2D eigenvalue weighted by Gasteiger charge is -2.38. The lowest BCUT2D eigenvalue weighted by Crippen LogP contribution is -2.47. The van der Waals surface area contributed by atoms with Gasteiger partial charge in [-0.15, -0.1) is 0 Å². The molecular weight excluding hydrogens is 524 g/mol. The molecule has 9 nitrogen and oxygen atoms in total. The number of likely N-dealkylation sites (tertiary alicyclic amines) is 2. The number of ether oxygens (including phenoxy) is 1. The average molecular weight is 566 g/mol. The highest BCUT2D eigenvalue weighted by atomic mass is 79.9. The summed E-state index contributed by atoms with van der Waals surface area (Å²) >= 11 is 3.34. The minimum atomic E-state index is -0.185. The Morgan fingerprint density at radius 1 is 1.11 bits per heavy atom. The van der Waals surface area contributed by atoms with Crippen LogP contribution in [0, 0.1) is 11.8 Å². The molecular formula is C26H41BrN6O3. The van der Waals surface area contributed by atoms with E-state index in [9.17, 15) is 9.59 Å². The average Bonchev–Trinajstić information content (AvgIpc) is 2.90. The second kappa shape index (κ2) is 13.1. The van der Waals surface area contributed by atoms with Crippen LogP contribution in [0.4, 0.5) is 5.82 Å². The summed E-state index contributed by atoms with van der Waals surface area (Å²) in [5.74, 6) is 2.06. The van der Waals surface area contributed by atoms with Gasteiger partial charge in [0.1, 0.15) is 11.4 Å². The topological polar surface area (TPSA) is 113 Å². The molecule has 3 fully saturated rings. The molecule has 1 aromatic rings. The molecule has 3 aliphatic rings. The van der Waals surface area contributed by atoms with Gasteiger partial charge in [0, 0.05) is 45.2 Å². The lowest BCUT2D eigenvalue weighted by atomic mass is 9.92. The van der Waals surface area contributed by atoms with Gasteiger partial charge in [-0.25, -0.2) is 0 Å². The van der Waals surface area contributed by atoms with Gasteiger partial charge in [-0.3, -0.25) is 9.59 Å². The number of carbonyl (C=O) groups excluding carboxylic acids is 2. The summed E-state index contributed by atoms with van der Waals surface area (Å²) in [6.45, 7) is 7.02. The van der Waals surface area contributed by atoms with Crippen LogP contribution in [0.5, 0.6) is 5.88 Å². The van der Waals surface area contributed by atoms with Crippen LogP contribution in [0.1, 0.15) is 61.7 Å². The van der Waals surface area contributed by atoms with E-state index in [1.807, 2.05) is 0 Å². The van der Waals surface area contributed by atoms with E-state index in [-0.39, 0.29) is 17.8 Å². The van der Waals surface area contributed by atoms with E-state index in [0.29, 0.717) is 40.0 Å². The molecule has 3 aliphatic heterocycles. The first-order valence-corrected chi connectivity index (χ1v) is 14.2. The Labute approximate surface area is 223 Å². The van der Waals surface area contributed by atoms with Crippen LogP contribution in [0.2, 0.25) is 0 Å². The number of amides is 2. The Balaban J connectivity index is 1.14. The van der Waals surface area contributed by atoms with E-state index in [1.165, 1.54) is 20.0 Å². The van der Waals surface area contributed by atoms with Crippen molar-refractivity contribution in [2.45, 2.75) is 57.4 Å². The highest BCUT2D eigenvalue weighted by molar-refractivity contribution is 9.10. The molecule has 0 atom stereocenters. The summed E-state index contributed by atoms with van der Waals surface area (Å²) < 4.78 is 5.83. The number of carbonyl (C=O) groups is 2. The quantitative estimate of drug-likeness (QED) is 0.444. The predicted octanol–water partition coefficient (Wildman–Crippen LogP) is 2.65. The van der Waals surface area contributed by atoms with Gasteiger partial charge in [-0.1, -0.05) is 0 Å². The van der Waals surface area contributed by atoms with E-state index < -0.39 is 0 Å². The van der Waals surface area contributed by atoms with E-state index in [0.717, 1.165) is 77.9 Å². The summed E-state index contributed by atoms with van der Waals surface area (Å²) in [6.07, 6.45) is 8.20. The van der Waals surface area contributed by atoms with Crippen molar-refractivity contribution in [1.82, 2.24) is 25.4 Å². The van der Waals surface area contributed by atoms with E-state index in [4.69, 9.17) is 10.5 Å². The standard InChI is InChI=1S/C26H41BrN6O3/c1-36-26-21(16-22(27)24(28)31-26)25(35)30-20-8-12-32(13-9-20)17-19-6-14-33(15-7-19)23(34)3-2-18-4-10-29-11-5-18/h16,18-20,29H,2-15,17H2,1H3,(H2,28,31)(H,30,35). The maximum absolute atomic E-state index is 12.8. The monoisotopic (exact) mass is 564 g/mol. The molecule has 0 aromatic carbocycles. The third-order valence-corrected chi connectivity index (χ3v) is 8.67. The van der Waals surface area contributed by atoms with Crippen LogP contribution in [0.15, 0.2) is 10.5 Å². The molecule has 4 rings (SSSR count). The maximum Gasteiger partial charge on any atom is 0.257 e. The molecule has 0 saturated carbocycles. The third kappa shape index (κ3) is 7.32. The number of nitrogens with zero attached hydrogens (tertiary/aromatic N) is 3. The summed E-state index contributed by atoms with van der Waals surface area (Å²) in [5.41, 5.74) is 6.20. The summed E-state index contributed by atoms with van der Waals surface area (Å²) in [5, 5.41) is 6.54. The maximum atomic E-state index is 12.8. The Bertz CT molecular complexity index is 894. The van der Waals surface area contributed by atoms with Crippen LogP contribution in [0.25, 0.3) is 0 Å². The summed E-state index contributed by atoms with van der Waals surface area (Å²) in [6, 6.07) is 1.80. The number of nitrogens with two attached hydrogens (primary N) is 1. The molecule has 4 N–H and O–H groups in total. The molecule has 10 heteroatoms. The minimum Gasteiger partial charge on any atom is -0.480 e. The highest BCUT2D eigenvalue weighted by Crippen LogP contribution is 2.26. The fourth-order valence-corrected chi connectivity index (χ4v) is 6.03. The number of piperidine rings is 3. The molecule has 0 bridgehead atoms. The van der Waals surface area contributed by atoms with Gasteiger partial charge >= 0.3 is 0 Å². The lowest BCUT2D eigenvalue weighted by molar-refractivity contribution is -0.133. The molecule has 36 heavy (non-hydrogen) atoms. The first-order chi connectivity index (χ1) is 17.4. The Morgan fingerprint density at radius 3 is 2.47 bits per heavy atom. The second-order valence-corrected chi connectivity index (χ2v) is 11.4. The van der Waals surface area contributed by atoms with Crippen LogP contribution < -0.4 is 21.1 Å². The number of rotatable bonds is 8. The van der Waals surface area contributed by atoms with Gasteiger partial charge < -0.3 is 30.9 Å². The molecule has 0 aliphatic carbocycles. The van der Waals surface area contributed by atoms with Crippen molar-refractivity contribution in [2.24, 2.45) is 11.8 Å². The molecule has 0 spiro atoms. The van der Waals surface area contributed by atoms with Crippen molar-refractivity contribution < 1.29 is 14.3 Å². The number of aromatic nitrogens is 1. The molecule has 0 radical (unpaired) electrons. The number of anilines is 1. The summed E-state index contributed by atoms with van der Waals surface area (Å²) in [7, 11) is 1.49. The largest absolute Gasteiger partial charge is 0.480 e. The van der Waals surface area contributed by atoms with Gasteiger partial charge in [0.05, 0.1) is 11.6 Å². The Hall–Kier alpha value is -1.91. The normalized spacial score (nSPS) is 20.9. The zero-order valence-corrected chi connectivity index (χ0v) is 23.0. The highest BCUT2D eigenvalue weighted by Gasteiger charge is 2.28. The van der Waals surface area contributed by atoms with Crippen molar-refractivity contribution in [1.29, 1.82) is 0 Å². The molecule has 0 unspecified atom stereocenters. The zero-order valence-electron chi connectivity index (χ0n) is 21.4. The van der Waals surface area contributed by atoms with Crippen LogP contribution in [-0.2, 0) is 4.79 Å². The van der Waals surface area contributed by atoms with E-state index >= 15 is 0 Å². The number of hydrogen-bond donors (Lipinski definition) is 3. The second-order valence-electron chi connectivity index (χ2n) is 10.5. The number of nitrogens with one attached hydrogen (secondary N) is 2. The van der Waals surface area contributed by atoms with Gasteiger partial charge in [0.2, 0.25) is 11.8 Å².